The molecule has 0 amide bonds. The van der Waals surface area contributed by atoms with Crippen molar-refractivity contribution in [2.45, 2.75) is 11.6 Å². The van der Waals surface area contributed by atoms with Crippen molar-refractivity contribution in [3.05, 3.63) is 66.0 Å². The van der Waals surface area contributed by atoms with Crippen molar-refractivity contribution in [2.75, 3.05) is 0 Å². The van der Waals surface area contributed by atoms with E-state index >= 15 is 0 Å². The Morgan fingerprint density at radius 2 is 1.90 bits per heavy atom. The standard InChI is InChI=1S/C15H13FN2OS/c16-13-6-7-14-12(8-13)9-15(18-14)20(19)17-10-11-4-2-1-3-5-11/h1-9,17-18H,10H2. The number of benzene rings is 2. The molecular formula is C15H13FN2OS. The van der Waals surface area contributed by atoms with Gasteiger partial charge in [-0.15, -0.1) is 0 Å². The van der Waals surface area contributed by atoms with Gasteiger partial charge in [-0.3, -0.25) is 0 Å². The molecule has 5 heteroatoms. The van der Waals surface area contributed by atoms with Gasteiger partial charge in [-0.2, -0.15) is 0 Å². The Hall–Kier alpha value is -1.98. The van der Waals surface area contributed by atoms with E-state index in [-0.39, 0.29) is 5.82 Å². The van der Waals surface area contributed by atoms with Crippen LogP contribution in [-0.2, 0) is 17.5 Å². The Kier molecular flexibility index (Phi) is 3.62. The van der Waals surface area contributed by atoms with Crippen molar-refractivity contribution in [2.24, 2.45) is 0 Å². The number of halogens is 1. The zero-order valence-electron chi connectivity index (χ0n) is 10.6. The van der Waals surface area contributed by atoms with Gasteiger partial charge in [0.2, 0.25) is 0 Å². The quantitative estimate of drug-likeness (QED) is 0.761. The third kappa shape index (κ3) is 2.79. The van der Waals surface area contributed by atoms with Crippen molar-refractivity contribution in [1.82, 2.24) is 9.71 Å². The summed E-state index contributed by atoms with van der Waals surface area (Å²) in [7, 11) is -1.35. The molecule has 0 fully saturated rings. The lowest BCUT2D eigenvalue weighted by molar-refractivity contribution is 0.629. The molecule has 0 radical (unpaired) electrons. The van der Waals surface area contributed by atoms with E-state index in [0.29, 0.717) is 11.6 Å². The van der Waals surface area contributed by atoms with Gasteiger partial charge in [0.05, 0.1) is 0 Å². The minimum Gasteiger partial charge on any atom is -0.347 e. The van der Waals surface area contributed by atoms with Crippen molar-refractivity contribution in [3.63, 3.8) is 0 Å². The molecule has 0 bridgehead atoms. The first-order chi connectivity index (χ1) is 9.72. The SMILES string of the molecule is O=S(NCc1ccccc1)c1cc2cc(F)ccc2[nH]1. The van der Waals surface area contributed by atoms with Crippen LogP contribution in [0.15, 0.2) is 59.6 Å². The second kappa shape index (κ2) is 5.56. The Balaban J connectivity index is 1.75. The van der Waals surface area contributed by atoms with Crippen LogP contribution in [-0.4, -0.2) is 9.19 Å². The highest BCUT2D eigenvalue weighted by Gasteiger charge is 2.08. The van der Waals surface area contributed by atoms with Gasteiger partial charge in [0.15, 0.2) is 0 Å². The van der Waals surface area contributed by atoms with Gasteiger partial charge in [0, 0.05) is 17.4 Å². The molecule has 2 aromatic carbocycles. The second-order valence-corrected chi connectivity index (χ2v) is 5.71. The number of hydrogen-bond donors (Lipinski definition) is 2. The van der Waals surface area contributed by atoms with Crippen molar-refractivity contribution in [1.29, 1.82) is 0 Å². The highest BCUT2D eigenvalue weighted by molar-refractivity contribution is 7.83. The predicted molar refractivity (Wildman–Crippen MR) is 77.9 cm³/mol. The first-order valence-corrected chi connectivity index (χ1v) is 7.35. The Bertz CT molecular complexity index is 755. The Morgan fingerprint density at radius 1 is 1.10 bits per heavy atom. The van der Waals surface area contributed by atoms with Crippen LogP contribution in [0, 0.1) is 5.82 Å². The van der Waals surface area contributed by atoms with E-state index in [1.807, 2.05) is 30.3 Å². The van der Waals surface area contributed by atoms with E-state index in [1.54, 1.807) is 12.1 Å². The molecule has 3 rings (SSSR count). The number of rotatable bonds is 4. The van der Waals surface area contributed by atoms with E-state index in [4.69, 9.17) is 0 Å². The molecule has 0 aliphatic rings. The zero-order valence-corrected chi connectivity index (χ0v) is 11.4. The van der Waals surface area contributed by atoms with E-state index in [2.05, 4.69) is 9.71 Å². The molecular weight excluding hydrogens is 275 g/mol. The number of nitrogens with one attached hydrogen (secondary N) is 2. The molecule has 1 heterocycles. The summed E-state index contributed by atoms with van der Waals surface area (Å²) in [6, 6.07) is 15.9. The molecule has 102 valence electrons. The van der Waals surface area contributed by atoms with Crippen LogP contribution in [0.5, 0.6) is 0 Å². The van der Waals surface area contributed by atoms with Crippen LogP contribution in [0.25, 0.3) is 10.9 Å². The smallest absolute Gasteiger partial charge is 0.142 e. The summed E-state index contributed by atoms with van der Waals surface area (Å²) in [6.45, 7) is 0.511. The van der Waals surface area contributed by atoms with Crippen molar-refractivity contribution in [3.8, 4) is 0 Å². The van der Waals surface area contributed by atoms with Gasteiger partial charge in [-0.05, 0) is 29.8 Å². The molecule has 0 saturated carbocycles. The third-order valence-electron chi connectivity index (χ3n) is 3.01. The Labute approximate surface area is 118 Å². The van der Waals surface area contributed by atoms with Crippen LogP contribution in [0.4, 0.5) is 4.39 Å². The van der Waals surface area contributed by atoms with E-state index in [9.17, 15) is 8.60 Å². The maximum Gasteiger partial charge on any atom is 0.142 e. The number of aromatic nitrogens is 1. The number of aromatic amines is 1. The summed E-state index contributed by atoms with van der Waals surface area (Å²) in [5.74, 6) is -0.300. The molecule has 0 aliphatic heterocycles. The fraction of sp³-hybridized carbons (Fsp3) is 0.0667. The van der Waals surface area contributed by atoms with E-state index in [1.165, 1.54) is 12.1 Å². The lowest BCUT2D eigenvalue weighted by Crippen LogP contribution is -2.16. The molecule has 0 aliphatic carbocycles. The van der Waals surface area contributed by atoms with Gasteiger partial charge in [0.25, 0.3) is 0 Å². The minimum atomic E-state index is -1.35. The summed E-state index contributed by atoms with van der Waals surface area (Å²) in [6.07, 6.45) is 0. The zero-order chi connectivity index (χ0) is 13.9. The fourth-order valence-corrected chi connectivity index (χ4v) is 2.89. The first kappa shape index (κ1) is 13.0. The second-order valence-electron chi connectivity index (χ2n) is 4.44. The monoisotopic (exact) mass is 288 g/mol. The third-order valence-corrected chi connectivity index (χ3v) is 4.03. The summed E-state index contributed by atoms with van der Waals surface area (Å²) >= 11 is 0. The number of fused-ring (bicyclic) bond motifs is 1. The lowest BCUT2D eigenvalue weighted by Gasteiger charge is -2.02. The molecule has 20 heavy (non-hydrogen) atoms. The van der Waals surface area contributed by atoms with Gasteiger partial charge in [0.1, 0.15) is 21.8 Å². The van der Waals surface area contributed by atoms with Crippen LogP contribution in [0.1, 0.15) is 5.56 Å². The fourth-order valence-electron chi connectivity index (χ4n) is 2.00. The largest absolute Gasteiger partial charge is 0.347 e. The Morgan fingerprint density at radius 3 is 2.70 bits per heavy atom. The van der Waals surface area contributed by atoms with Gasteiger partial charge in [-0.25, -0.2) is 13.3 Å². The molecule has 3 aromatic rings. The highest BCUT2D eigenvalue weighted by atomic mass is 32.2. The lowest BCUT2D eigenvalue weighted by atomic mass is 10.2. The molecule has 1 atom stereocenters. The number of H-pyrrole nitrogens is 1. The van der Waals surface area contributed by atoms with E-state index in [0.717, 1.165) is 16.5 Å². The molecule has 0 spiro atoms. The summed E-state index contributed by atoms with van der Waals surface area (Å²) < 4.78 is 28.2. The van der Waals surface area contributed by atoms with Crippen LogP contribution in [0.3, 0.4) is 0 Å². The van der Waals surface area contributed by atoms with Gasteiger partial charge < -0.3 is 4.98 Å². The van der Waals surface area contributed by atoms with Gasteiger partial charge in [-0.1, -0.05) is 30.3 Å². The molecule has 1 aromatic heterocycles. The average molecular weight is 288 g/mol. The van der Waals surface area contributed by atoms with Gasteiger partial charge >= 0.3 is 0 Å². The summed E-state index contributed by atoms with van der Waals surface area (Å²) in [5.41, 5.74) is 1.83. The van der Waals surface area contributed by atoms with Crippen molar-refractivity contribution >= 4 is 21.9 Å². The maximum absolute atomic E-state index is 13.1. The van der Waals surface area contributed by atoms with Crippen LogP contribution >= 0.6 is 0 Å². The maximum atomic E-state index is 13.1. The van der Waals surface area contributed by atoms with E-state index < -0.39 is 11.0 Å². The summed E-state index contributed by atoms with van der Waals surface area (Å²) in [4.78, 5) is 3.03. The minimum absolute atomic E-state index is 0.300. The molecule has 0 saturated heterocycles. The molecule has 3 nitrogen and oxygen atoms in total. The topological polar surface area (TPSA) is 44.9 Å². The highest BCUT2D eigenvalue weighted by Crippen LogP contribution is 2.18. The molecule has 1 unspecified atom stereocenters. The van der Waals surface area contributed by atoms with Crippen LogP contribution < -0.4 is 4.72 Å². The van der Waals surface area contributed by atoms with Crippen LogP contribution in [0.2, 0.25) is 0 Å². The first-order valence-electron chi connectivity index (χ1n) is 6.20. The van der Waals surface area contributed by atoms with Crippen molar-refractivity contribution < 1.29 is 8.60 Å². The predicted octanol–water partition coefficient (Wildman–Crippen LogP) is 3.12. The molecule has 2 N–H and O–H groups in total. The summed E-state index contributed by atoms with van der Waals surface area (Å²) in [5, 5.41) is 1.26. The average Bonchev–Trinajstić information content (AvgIpc) is 2.89. The normalized spacial score (nSPS) is 12.7. The number of hydrogen-bond acceptors (Lipinski definition) is 1.